The first kappa shape index (κ1) is 8.94. The minimum absolute atomic E-state index is 0.0743. The van der Waals surface area contributed by atoms with Crippen LogP contribution in [-0.4, -0.2) is 48.9 Å². The zero-order valence-electron chi connectivity index (χ0n) is 17.5. The van der Waals surface area contributed by atoms with E-state index in [9.17, 15) is 5.11 Å². The van der Waals surface area contributed by atoms with E-state index in [0.717, 1.165) is 0 Å². The van der Waals surface area contributed by atoms with E-state index in [1.807, 2.05) is 11.9 Å². The van der Waals surface area contributed by atoms with E-state index < -0.39 is 30.0 Å². The molecule has 2 aliphatic heterocycles. The fourth-order valence-electron chi connectivity index (χ4n) is 4.69. The van der Waals surface area contributed by atoms with Crippen molar-refractivity contribution in [3.63, 3.8) is 0 Å². The maximum Gasteiger partial charge on any atom is 0.165 e. The van der Waals surface area contributed by atoms with Gasteiger partial charge >= 0.3 is 0 Å². The van der Waals surface area contributed by atoms with Gasteiger partial charge in [0.2, 0.25) is 0 Å². The molecular weight excluding hydrogens is 278 g/mol. The highest BCUT2D eigenvalue weighted by Gasteiger charge is 2.64. The summed E-state index contributed by atoms with van der Waals surface area (Å²) in [7, 11) is 3.24. The van der Waals surface area contributed by atoms with Gasteiger partial charge in [-0.05, 0) is 38.0 Å². The van der Waals surface area contributed by atoms with Crippen molar-refractivity contribution in [1.82, 2.24) is 4.90 Å². The zero-order valence-corrected chi connectivity index (χ0v) is 12.5. The molecule has 2 aliphatic carbocycles. The molecule has 2 heterocycles. The average molecular weight is 304 g/mol. The molecular formula is C18H21NO3. The molecule has 4 aliphatic rings. The van der Waals surface area contributed by atoms with Crippen LogP contribution in [0.4, 0.5) is 0 Å². The van der Waals surface area contributed by atoms with Crippen LogP contribution in [0.25, 0.3) is 0 Å². The highest BCUT2D eigenvalue weighted by molar-refractivity contribution is 5.62. The number of likely N-dealkylation sites (N-methyl/N-ethyl adjacent to an activating group) is 1. The predicted molar refractivity (Wildman–Crippen MR) is 82.5 cm³/mol. The lowest BCUT2D eigenvalue weighted by Gasteiger charge is -2.56. The van der Waals surface area contributed by atoms with Gasteiger partial charge in [0.05, 0.1) is 11.2 Å². The molecule has 0 saturated carbocycles. The van der Waals surface area contributed by atoms with Gasteiger partial charge in [-0.2, -0.15) is 0 Å². The Hall–Kier alpha value is -1.52. The third-order valence-electron chi connectivity index (χ3n) is 5.68. The van der Waals surface area contributed by atoms with Crippen LogP contribution in [0.2, 0.25) is 0 Å². The minimum atomic E-state index is -1.98. The summed E-state index contributed by atoms with van der Waals surface area (Å²) in [6, 6.07) is -1.01. The van der Waals surface area contributed by atoms with Crippen molar-refractivity contribution in [2.75, 3.05) is 20.7 Å². The molecule has 116 valence electrons. The molecule has 0 radical (unpaired) electrons. The van der Waals surface area contributed by atoms with Gasteiger partial charge in [-0.15, -0.1) is 0 Å². The first-order valence-electron chi connectivity index (χ1n) is 10.1. The smallest absolute Gasteiger partial charge is 0.165 e. The first-order chi connectivity index (χ1) is 12.6. The standard InChI is InChI=1S/C18H21NO3/c1-19-8-7-18-11-4-5-13(20)17(18)22-16-14(21-2)6-3-10(15(16)18)9-12(11)19/h3-6,11-13,17,20H,7-9H2,1-2H3/t11-,12+,13?,17?,18-/m0/s1/i3D,6D,9D2,13D. The number of nitrogens with zero attached hydrogens (tertiary/aromatic N) is 1. The van der Waals surface area contributed by atoms with Crippen molar-refractivity contribution in [2.45, 2.75) is 36.4 Å². The number of aliphatic hydroxyl groups is 1. The number of ether oxygens (including phenoxy) is 2. The summed E-state index contributed by atoms with van der Waals surface area (Å²) in [6.07, 6.45) is -1.10. The summed E-state index contributed by atoms with van der Waals surface area (Å²) < 4.78 is 54.5. The molecule has 2 bridgehead atoms. The van der Waals surface area contributed by atoms with Gasteiger partial charge in [-0.3, -0.25) is 0 Å². The maximum atomic E-state index is 10.8. The molecule has 0 amide bonds. The molecule has 2 unspecified atom stereocenters. The Bertz CT molecular complexity index is 902. The van der Waals surface area contributed by atoms with Gasteiger partial charge < -0.3 is 19.5 Å². The fourth-order valence-corrected chi connectivity index (χ4v) is 4.69. The molecule has 1 N–H and O–H groups in total. The lowest BCUT2D eigenvalue weighted by atomic mass is 9.53. The zero-order chi connectivity index (χ0) is 19.5. The van der Waals surface area contributed by atoms with Gasteiger partial charge in [0.25, 0.3) is 0 Å². The number of hydrogen-bond donors (Lipinski definition) is 1. The molecule has 1 saturated heterocycles. The van der Waals surface area contributed by atoms with Crippen molar-refractivity contribution >= 4 is 0 Å². The van der Waals surface area contributed by atoms with Gasteiger partial charge in [-0.25, -0.2) is 0 Å². The van der Waals surface area contributed by atoms with Crippen molar-refractivity contribution in [3.8, 4) is 11.5 Å². The van der Waals surface area contributed by atoms with E-state index in [0.29, 0.717) is 18.5 Å². The van der Waals surface area contributed by atoms with Crippen LogP contribution in [0.3, 0.4) is 0 Å². The average Bonchev–Trinajstić information content (AvgIpc) is 2.92. The molecule has 1 fully saturated rings. The molecule has 22 heavy (non-hydrogen) atoms. The first-order valence-corrected chi connectivity index (χ1v) is 7.59. The van der Waals surface area contributed by atoms with Crippen LogP contribution in [0.1, 0.15) is 24.4 Å². The lowest BCUT2D eigenvalue weighted by molar-refractivity contribution is -0.0453. The Morgan fingerprint density at radius 2 is 2.41 bits per heavy atom. The fraction of sp³-hybridized carbons (Fsp3) is 0.556. The monoisotopic (exact) mass is 304 g/mol. The van der Waals surface area contributed by atoms with Crippen LogP contribution in [0.15, 0.2) is 24.2 Å². The van der Waals surface area contributed by atoms with Crippen molar-refractivity contribution < 1.29 is 21.4 Å². The van der Waals surface area contributed by atoms with Crippen molar-refractivity contribution in [2.24, 2.45) is 5.92 Å². The predicted octanol–water partition coefficient (Wildman–Crippen LogP) is 1.50. The molecule has 1 aromatic rings. The van der Waals surface area contributed by atoms with Crippen LogP contribution >= 0.6 is 0 Å². The number of methoxy groups -OCH3 is 1. The second kappa shape index (κ2) is 4.06. The summed E-state index contributed by atoms with van der Waals surface area (Å²) in [5, 5.41) is 10.8. The number of benzene rings is 1. The topological polar surface area (TPSA) is 41.9 Å². The van der Waals surface area contributed by atoms with E-state index in [1.165, 1.54) is 13.2 Å². The molecule has 0 aromatic heterocycles. The van der Waals surface area contributed by atoms with Gasteiger partial charge in [-0.1, -0.05) is 18.2 Å². The third-order valence-corrected chi connectivity index (χ3v) is 5.68. The number of likely N-dealkylation sites (tertiary alicyclic amines) is 1. The summed E-state index contributed by atoms with van der Waals surface area (Å²) in [5.74, 6) is -0.0219. The normalized spacial score (nSPS) is 50.0. The maximum absolute atomic E-state index is 10.8. The number of hydrogen-bond acceptors (Lipinski definition) is 4. The van der Waals surface area contributed by atoms with Crippen LogP contribution in [0, 0.1) is 5.92 Å². The summed E-state index contributed by atoms with van der Waals surface area (Å²) in [6.45, 7) is 0.585. The SMILES string of the molecule is [2H]c1c([2H])c2c3c(c1OC)OC1C([2H])(O)C=C[C@H]4[C@H](N(C)CC[C@]314)C2([2H])[2H]. The second-order valence-corrected chi connectivity index (χ2v) is 6.53. The van der Waals surface area contributed by atoms with Gasteiger partial charge in [0.1, 0.15) is 12.2 Å². The summed E-state index contributed by atoms with van der Waals surface area (Å²) in [4.78, 5) is 1.94. The Morgan fingerprint density at radius 3 is 3.23 bits per heavy atom. The van der Waals surface area contributed by atoms with Crippen LogP contribution < -0.4 is 9.47 Å². The third kappa shape index (κ3) is 1.28. The van der Waals surface area contributed by atoms with E-state index in [2.05, 4.69) is 0 Å². The van der Waals surface area contributed by atoms with Crippen LogP contribution in [-0.2, 0) is 11.8 Å². The molecule has 4 nitrogen and oxygen atoms in total. The van der Waals surface area contributed by atoms with E-state index in [1.54, 1.807) is 6.08 Å². The van der Waals surface area contributed by atoms with Crippen molar-refractivity contribution in [3.05, 3.63) is 35.4 Å². The van der Waals surface area contributed by atoms with Gasteiger partial charge in [0.15, 0.2) is 11.5 Å². The molecule has 4 heteroatoms. The molecule has 5 rings (SSSR count). The second-order valence-electron chi connectivity index (χ2n) is 6.53. The summed E-state index contributed by atoms with van der Waals surface area (Å²) in [5.41, 5.74) is -0.153. The lowest BCUT2D eigenvalue weighted by Crippen LogP contribution is -2.64. The van der Waals surface area contributed by atoms with Crippen LogP contribution in [0.5, 0.6) is 11.5 Å². The highest BCUT2D eigenvalue weighted by atomic mass is 16.5. The minimum Gasteiger partial charge on any atom is -0.493 e. The van der Waals surface area contributed by atoms with Crippen molar-refractivity contribution in [1.29, 1.82) is 0 Å². The largest absolute Gasteiger partial charge is 0.493 e. The summed E-state index contributed by atoms with van der Waals surface area (Å²) >= 11 is 0. The molecule has 1 aromatic carbocycles. The molecule has 5 atom stereocenters. The van der Waals surface area contributed by atoms with Gasteiger partial charge in [0, 0.05) is 25.7 Å². The number of rotatable bonds is 1. The molecule has 1 spiro atoms. The Morgan fingerprint density at radius 1 is 1.55 bits per heavy atom. The number of piperidine rings is 1. The Labute approximate surface area is 137 Å². The van der Waals surface area contributed by atoms with E-state index >= 15 is 0 Å². The Kier molecular flexibility index (Phi) is 1.65. The highest BCUT2D eigenvalue weighted by Crippen LogP contribution is 2.62. The quantitative estimate of drug-likeness (QED) is 0.799. The van der Waals surface area contributed by atoms with E-state index in [-0.39, 0.29) is 35.1 Å². The van der Waals surface area contributed by atoms with E-state index in [4.69, 9.17) is 16.3 Å². The Balaban J connectivity index is 1.96.